The quantitative estimate of drug-likeness (QED) is 0.794. The molecule has 0 saturated carbocycles. The van der Waals surface area contributed by atoms with Crippen LogP contribution in [-0.2, 0) is 17.7 Å². The van der Waals surface area contributed by atoms with E-state index >= 15 is 0 Å². The molecule has 2 aromatic rings. The molecule has 0 atom stereocenters. The lowest BCUT2D eigenvalue weighted by Gasteiger charge is -2.04. The van der Waals surface area contributed by atoms with E-state index in [1.165, 1.54) is 4.68 Å². The summed E-state index contributed by atoms with van der Waals surface area (Å²) in [4.78, 5) is 15.4. The Morgan fingerprint density at radius 1 is 1.48 bits per heavy atom. The first kappa shape index (κ1) is 15.1. The molecule has 0 bridgehead atoms. The minimum Gasteiger partial charge on any atom is -0.476 e. The van der Waals surface area contributed by atoms with Gasteiger partial charge in [-0.1, -0.05) is 24.2 Å². The second kappa shape index (κ2) is 6.44. The van der Waals surface area contributed by atoms with Gasteiger partial charge in [-0.05, 0) is 0 Å². The number of carboxylic acids is 1. The van der Waals surface area contributed by atoms with Crippen LogP contribution in [0.2, 0.25) is 0 Å². The van der Waals surface area contributed by atoms with E-state index in [0.29, 0.717) is 30.4 Å². The molecule has 0 aromatic carbocycles. The van der Waals surface area contributed by atoms with Crippen LogP contribution in [0.4, 0.5) is 0 Å². The maximum absolute atomic E-state index is 11.1. The zero-order chi connectivity index (χ0) is 15.4. The number of methoxy groups -OCH3 is 1. The largest absolute Gasteiger partial charge is 0.476 e. The number of nitrogens with zero attached hydrogens (tertiary/aromatic N) is 5. The van der Waals surface area contributed by atoms with Crippen LogP contribution in [-0.4, -0.2) is 49.9 Å². The van der Waals surface area contributed by atoms with Crippen molar-refractivity contribution in [1.29, 1.82) is 0 Å². The molecular weight excluding hydrogens is 278 g/mol. The van der Waals surface area contributed by atoms with Crippen molar-refractivity contribution in [3.05, 3.63) is 23.1 Å². The number of carbonyl (C=O) groups is 1. The molecule has 0 aliphatic heterocycles. The molecule has 2 aromatic heterocycles. The highest BCUT2D eigenvalue weighted by molar-refractivity contribution is 5.86. The van der Waals surface area contributed by atoms with Crippen molar-refractivity contribution in [3.8, 4) is 0 Å². The predicted octanol–water partition coefficient (Wildman–Crippen LogP) is 0.720. The minimum absolute atomic E-state index is 0.0874. The number of hydrogen-bond donors (Lipinski definition) is 1. The number of aromatic nitrogens is 5. The molecule has 2 rings (SSSR count). The van der Waals surface area contributed by atoms with E-state index in [-0.39, 0.29) is 18.2 Å². The van der Waals surface area contributed by atoms with E-state index in [9.17, 15) is 4.79 Å². The summed E-state index contributed by atoms with van der Waals surface area (Å²) in [5.41, 5.74) is 0.379. The van der Waals surface area contributed by atoms with Crippen molar-refractivity contribution in [3.63, 3.8) is 0 Å². The molecule has 21 heavy (non-hydrogen) atoms. The summed E-state index contributed by atoms with van der Waals surface area (Å²) in [5.74, 6) is -0.0113. The van der Waals surface area contributed by atoms with Crippen LogP contribution < -0.4 is 0 Å². The summed E-state index contributed by atoms with van der Waals surface area (Å²) >= 11 is 0. The number of ether oxygens (including phenoxy) is 1. The Labute approximate surface area is 120 Å². The third-order valence-corrected chi connectivity index (χ3v) is 2.87. The lowest BCUT2D eigenvalue weighted by atomic mass is 10.2. The summed E-state index contributed by atoms with van der Waals surface area (Å²) in [5, 5.41) is 20.5. The van der Waals surface area contributed by atoms with Gasteiger partial charge in [0.1, 0.15) is 6.54 Å². The lowest BCUT2D eigenvalue weighted by molar-refractivity contribution is 0.0688. The maximum Gasteiger partial charge on any atom is 0.358 e. The van der Waals surface area contributed by atoms with E-state index < -0.39 is 5.97 Å². The molecule has 0 saturated heterocycles. The van der Waals surface area contributed by atoms with Gasteiger partial charge in [0.05, 0.1) is 12.3 Å². The van der Waals surface area contributed by atoms with Gasteiger partial charge in [-0.2, -0.15) is 4.98 Å². The van der Waals surface area contributed by atoms with Crippen LogP contribution in [0.1, 0.15) is 47.7 Å². The highest BCUT2D eigenvalue weighted by Crippen LogP contribution is 2.12. The molecule has 1 N–H and O–H groups in total. The van der Waals surface area contributed by atoms with Gasteiger partial charge in [-0.15, -0.1) is 5.10 Å². The second-order valence-electron chi connectivity index (χ2n) is 4.79. The van der Waals surface area contributed by atoms with E-state index in [4.69, 9.17) is 14.4 Å². The average molecular weight is 295 g/mol. The van der Waals surface area contributed by atoms with Gasteiger partial charge in [-0.3, -0.25) is 0 Å². The fourth-order valence-corrected chi connectivity index (χ4v) is 1.77. The van der Waals surface area contributed by atoms with Crippen LogP contribution in [0.5, 0.6) is 0 Å². The third-order valence-electron chi connectivity index (χ3n) is 2.87. The van der Waals surface area contributed by atoms with Gasteiger partial charge in [-0.25, -0.2) is 9.48 Å². The zero-order valence-electron chi connectivity index (χ0n) is 12.1. The molecule has 0 spiro atoms. The Morgan fingerprint density at radius 2 is 2.24 bits per heavy atom. The van der Waals surface area contributed by atoms with Crippen molar-refractivity contribution in [1.82, 2.24) is 25.1 Å². The topological polar surface area (TPSA) is 116 Å². The molecular formula is C12H17N5O4. The fourth-order valence-electron chi connectivity index (χ4n) is 1.77. The Morgan fingerprint density at radius 3 is 2.81 bits per heavy atom. The van der Waals surface area contributed by atoms with Gasteiger partial charge < -0.3 is 14.4 Å². The normalized spacial score (nSPS) is 11.2. The number of aromatic carboxylic acids is 1. The maximum atomic E-state index is 11.1. The number of rotatable bonds is 7. The van der Waals surface area contributed by atoms with E-state index in [0.717, 1.165) is 0 Å². The van der Waals surface area contributed by atoms with Gasteiger partial charge in [0.15, 0.2) is 11.5 Å². The zero-order valence-corrected chi connectivity index (χ0v) is 12.1. The van der Waals surface area contributed by atoms with Crippen LogP contribution in [0.3, 0.4) is 0 Å². The molecule has 2 heterocycles. The van der Waals surface area contributed by atoms with E-state index in [2.05, 4.69) is 20.5 Å². The van der Waals surface area contributed by atoms with Crippen LogP contribution in [0.25, 0.3) is 0 Å². The van der Waals surface area contributed by atoms with Crippen LogP contribution >= 0.6 is 0 Å². The van der Waals surface area contributed by atoms with Gasteiger partial charge in [0.25, 0.3) is 0 Å². The average Bonchev–Trinajstić information content (AvgIpc) is 3.04. The van der Waals surface area contributed by atoms with Gasteiger partial charge >= 0.3 is 5.97 Å². The Kier molecular flexibility index (Phi) is 4.63. The Hall–Kier alpha value is -2.29. The van der Waals surface area contributed by atoms with E-state index in [1.54, 1.807) is 7.11 Å². The van der Waals surface area contributed by atoms with Crippen molar-refractivity contribution >= 4 is 5.97 Å². The molecule has 0 aliphatic rings. The summed E-state index contributed by atoms with van der Waals surface area (Å²) < 4.78 is 11.6. The number of hydrogen-bond acceptors (Lipinski definition) is 7. The van der Waals surface area contributed by atoms with Crippen molar-refractivity contribution in [2.75, 3.05) is 13.7 Å². The van der Waals surface area contributed by atoms with E-state index in [1.807, 2.05) is 13.8 Å². The Balaban J connectivity index is 2.23. The van der Waals surface area contributed by atoms with Gasteiger partial charge in [0.2, 0.25) is 5.89 Å². The van der Waals surface area contributed by atoms with Crippen LogP contribution in [0.15, 0.2) is 4.52 Å². The summed E-state index contributed by atoms with van der Waals surface area (Å²) in [7, 11) is 1.54. The SMILES string of the molecule is COCCc1c(C(=O)O)nnn1Cc1nc(C(C)C)no1. The summed E-state index contributed by atoms with van der Waals surface area (Å²) in [6, 6.07) is 0. The van der Waals surface area contributed by atoms with Gasteiger partial charge in [0, 0.05) is 19.4 Å². The van der Waals surface area contributed by atoms with Crippen LogP contribution in [0, 0.1) is 0 Å². The first-order valence-electron chi connectivity index (χ1n) is 6.50. The van der Waals surface area contributed by atoms with Crippen molar-refractivity contribution in [2.24, 2.45) is 0 Å². The fraction of sp³-hybridized carbons (Fsp3) is 0.583. The Bertz CT molecular complexity index is 619. The molecule has 0 amide bonds. The smallest absolute Gasteiger partial charge is 0.358 e. The first-order valence-corrected chi connectivity index (χ1v) is 6.50. The molecule has 0 unspecified atom stereocenters. The first-order chi connectivity index (χ1) is 10.0. The second-order valence-corrected chi connectivity index (χ2v) is 4.79. The molecule has 0 fully saturated rings. The summed E-state index contributed by atoms with van der Waals surface area (Å²) in [6.07, 6.45) is 0.385. The minimum atomic E-state index is -1.12. The molecule has 9 heteroatoms. The summed E-state index contributed by atoms with van der Waals surface area (Å²) in [6.45, 7) is 4.46. The highest BCUT2D eigenvalue weighted by atomic mass is 16.5. The number of carboxylic acid groups (broad SMARTS) is 1. The molecule has 9 nitrogen and oxygen atoms in total. The lowest BCUT2D eigenvalue weighted by Crippen LogP contribution is -2.12. The molecule has 0 radical (unpaired) electrons. The standard InChI is InChI=1S/C12H17N5O4/c1-7(2)11-13-9(21-15-11)6-17-8(4-5-20-3)10(12(18)19)14-16-17/h7H,4-6H2,1-3H3,(H,18,19). The monoisotopic (exact) mass is 295 g/mol. The highest BCUT2D eigenvalue weighted by Gasteiger charge is 2.20. The molecule has 0 aliphatic carbocycles. The van der Waals surface area contributed by atoms with Crippen molar-refractivity contribution in [2.45, 2.75) is 32.7 Å². The molecule has 114 valence electrons. The predicted molar refractivity (Wildman–Crippen MR) is 70.1 cm³/mol. The third kappa shape index (κ3) is 3.43. The van der Waals surface area contributed by atoms with Crippen molar-refractivity contribution < 1.29 is 19.2 Å².